The van der Waals surface area contributed by atoms with Gasteiger partial charge < -0.3 is 15.2 Å². The molecule has 2 N–H and O–H groups in total. The van der Waals surface area contributed by atoms with Gasteiger partial charge in [0.1, 0.15) is 6.54 Å². The molecule has 1 atom stereocenters. The van der Waals surface area contributed by atoms with Gasteiger partial charge in [0, 0.05) is 25.0 Å². The summed E-state index contributed by atoms with van der Waals surface area (Å²) in [6.45, 7) is 7.46. The molecule has 1 heterocycles. The third-order valence-electron chi connectivity index (χ3n) is 2.97. The molecule has 0 aliphatic rings. The van der Waals surface area contributed by atoms with Gasteiger partial charge in [-0.25, -0.2) is 0 Å². The van der Waals surface area contributed by atoms with Crippen LogP contribution in [0.5, 0.6) is 0 Å². The lowest BCUT2D eigenvalue weighted by Gasteiger charge is -2.11. The van der Waals surface area contributed by atoms with Gasteiger partial charge in [-0.05, 0) is 31.0 Å². The van der Waals surface area contributed by atoms with E-state index in [1.807, 2.05) is 24.0 Å². The topological polar surface area (TPSA) is 46.1 Å². The Balaban J connectivity index is 2.50. The standard InChI is InChI=1S/C14H25N3O/c1-5-13(15-4)12-6-7-17(9-12)10-14(18)16-8-11(2)3/h6-7,9,11,13,15H,5,8,10H2,1-4H3,(H,16,18). The van der Waals surface area contributed by atoms with Crippen molar-refractivity contribution in [2.24, 2.45) is 5.92 Å². The fourth-order valence-corrected chi connectivity index (χ4v) is 1.91. The van der Waals surface area contributed by atoms with Gasteiger partial charge in [-0.2, -0.15) is 0 Å². The van der Waals surface area contributed by atoms with E-state index in [0.29, 0.717) is 18.5 Å². The van der Waals surface area contributed by atoms with Crippen LogP contribution in [0.1, 0.15) is 38.8 Å². The molecule has 0 aliphatic carbocycles. The van der Waals surface area contributed by atoms with Crippen LogP contribution in [-0.4, -0.2) is 24.1 Å². The number of hydrogen-bond acceptors (Lipinski definition) is 2. The van der Waals surface area contributed by atoms with Crippen molar-refractivity contribution >= 4 is 5.91 Å². The smallest absolute Gasteiger partial charge is 0.239 e. The van der Waals surface area contributed by atoms with Crippen molar-refractivity contribution in [1.29, 1.82) is 0 Å². The maximum atomic E-state index is 11.7. The molecule has 0 aromatic carbocycles. The number of aromatic nitrogens is 1. The maximum Gasteiger partial charge on any atom is 0.239 e. The van der Waals surface area contributed by atoms with E-state index in [4.69, 9.17) is 0 Å². The van der Waals surface area contributed by atoms with Gasteiger partial charge in [-0.1, -0.05) is 20.8 Å². The van der Waals surface area contributed by atoms with E-state index in [9.17, 15) is 4.79 Å². The second-order valence-electron chi connectivity index (χ2n) is 5.06. The fourth-order valence-electron chi connectivity index (χ4n) is 1.91. The molecule has 0 aliphatic heterocycles. The minimum absolute atomic E-state index is 0.0726. The van der Waals surface area contributed by atoms with E-state index in [0.717, 1.165) is 13.0 Å². The quantitative estimate of drug-likeness (QED) is 0.778. The lowest BCUT2D eigenvalue weighted by Crippen LogP contribution is -2.30. The van der Waals surface area contributed by atoms with Crippen LogP contribution in [0.3, 0.4) is 0 Å². The monoisotopic (exact) mass is 251 g/mol. The Morgan fingerprint density at radius 3 is 2.72 bits per heavy atom. The highest BCUT2D eigenvalue weighted by atomic mass is 16.1. The first-order valence-corrected chi connectivity index (χ1v) is 6.66. The highest BCUT2D eigenvalue weighted by Crippen LogP contribution is 2.15. The average molecular weight is 251 g/mol. The molecule has 4 heteroatoms. The fraction of sp³-hybridized carbons (Fsp3) is 0.643. The number of nitrogens with one attached hydrogen (secondary N) is 2. The van der Waals surface area contributed by atoms with Crippen LogP contribution < -0.4 is 10.6 Å². The van der Waals surface area contributed by atoms with E-state index in [-0.39, 0.29) is 5.91 Å². The molecular formula is C14H25N3O. The molecule has 0 saturated heterocycles. The first kappa shape index (κ1) is 14.8. The predicted molar refractivity (Wildman–Crippen MR) is 74.4 cm³/mol. The molecule has 1 amide bonds. The van der Waals surface area contributed by atoms with E-state index < -0.39 is 0 Å². The Bertz CT molecular complexity index is 367. The Labute approximate surface area is 110 Å². The maximum absolute atomic E-state index is 11.7. The average Bonchev–Trinajstić information content (AvgIpc) is 2.76. The Morgan fingerprint density at radius 1 is 1.44 bits per heavy atom. The highest BCUT2D eigenvalue weighted by molar-refractivity contribution is 5.75. The lowest BCUT2D eigenvalue weighted by molar-refractivity contribution is -0.121. The number of nitrogens with zero attached hydrogens (tertiary/aromatic N) is 1. The normalized spacial score (nSPS) is 12.7. The van der Waals surface area contributed by atoms with Gasteiger partial charge in [0.25, 0.3) is 0 Å². The number of hydrogen-bond donors (Lipinski definition) is 2. The van der Waals surface area contributed by atoms with Gasteiger partial charge in [0.15, 0.2) is 0 Å². The van der Waals surface area contributed by atoms with E-state index >= 15 is 0 Å². The Kier molecular flexibility index (Phi) is 5.92. The van der Waals surface area contributed by atoms with Crippen LogP contribution in [0.2, 0.25) is 0 Å². The SMILES string of the molecule is CCC(NC)c1ccn(CC(=O)NCC(C)C)c1. The largest absolute Gasteiger partial charge is 0.354 e. The molecule has 4 nitrogen and oxygen atoms in total. The minimum Gasteiger partial charge on any atom is -0.354 e. The third kappa shape index (κ3) is 4.53. The summed E-state index contributed by atoms with van der Waals surface area (Å²) >= 11 is 0. The second-order valence-corrected chi connectivity index (χ2v) is 5.06. The number of amides is 1. The second kappa shape index (κ2) is 7.21. The zero-order valence-electron chi connectivity index (χ0n) is 11.9. The van der Waals surface area contributed by atoms with Gasteiger partial charge in [-0.15, -0.1) is 0 Å². The van der Waals surface area contributed by atoms with Crippen molar-refractivity contribution in [3.63, 3.8) is 0 Å². The van der Waals surface area contributed by atoms with Crippen molar-refractivity contribution < 1.29 is 4.79 Å². The van der Waals surface area contributed by atoms with Crippen LogP contribution in [-0.2, 0) is 11.3 Å². The van der Waals surface area contributed by atoms with Gasteiger partial charge in [-0.3, -0.25) is 4.79 Å². The summed E-state index contributed by atoms with van der Waals surface area (Å²) in [7, 11) is 1.96. The van der Waals surface area contributed by atoms with E-state index in [2.05, 4.69) is 37.5 Å². The van der Waals surface area contributed by atoms with Gasteiger partial charge in [0.2, 0.25) is 5.91 Å². The van der Waals surface area contributed by atoms with E-state index in [1.165, 1.54) is 5.56 Å². The first-order chi connectivity index (χ1) is 8.56. The zero-order valence-corrected chi connectivity index (χ0v) is 11.9. The Hall–Kier alpha value is -1.29. The number of carbonyl (C=O) groups is 1. The predicted octanol–water partition coefficient (Wildman–Crippen LogP) is 1.93. The molecule has 18 heavy (non-hydrogen) atoms. The van der Waals surface area contributed by atoms with Crippen LogP contribution in [0, 0.1) is 5.92 Å². The third-order valence-corrected chi connectivity index (χ3v) is 2.97. The summed E-state index contributed by atoms with van der Waals surface area (Å²) in [5.74, 6) is 0.561. The van der Waals surface area contributed by atoms with Crippen LogP contribution in [0.4, 0.5) is 0 Å². The molecule has 0 saturated carbocycles. The van der Waals surface area contributed by atoms with Crippen molar-refractivity contribution in [2.45, 2.75) is 39.8 Å². The van der Waals surface area contributed by atoms with Crippen LogP contribution >= 0.6 is 0 Å². The van der Waals surface area contributed by atoms with E-state index in [1.54, 1.807) is 0 Å². The molecule has 1 rings (SSSR count). The molecule has 102 valence electrons. The van der Waals surface area contributed by atoms with Crippen molar-refractivity contribution in [1.82, 2.24) is 15.2 Å². The van der Waals surface area contributed by atoms with Crippen molar-refractivity contribution in [3.05, 3.63) is 24.0 Å². The summed E-state index contributed by atoms with van der Waals surface area (Å²) in [4.78, 5) is 11.7. The molecule has 0 spiro atoms. The van der Waals surface area contributed by atoms with Gasteiger partial charge >= 0.3 is 0 Å². The summed E-state index contributed by atoms with van der Waals surface area (Å²) in [6.07, 6.45) is 5.05. The molecule has 1 aromatic rings. The molecule has 1 aromatic heterocycles. The van der Waals surface area contributed by atoms with Crippen molar-refractivity contribution in [3.8, 4) is 0 Å². The zero-order chi connectivity index (χ0) is 13.5. The Morgan fingerprint density at radius 2 is 2.17 bits per heavy atom. The summed E-state index contributed by atoms with van der Waals surface area (Å²) in [5, 5.41) is 6.18. The van der Waals surface area contributed by atoms with Crippen LogP contribution in [0.15, 0.2) is 18.5 Å². The highest BCUT2D eigenvalue weighted by Gasteiger charge is 2.09. The number of rotatable bonds is 7. The lowest BCUT2D eigenvalue weighted by atomic mass is 10.1. The first-order valence-electron chi connectivity index (χ1n) is 6.66. The molecule has 0 fully saturated rings. The molecule has 1 unspecified atom stereocenters. The molecular weight excluding hydrogens is 226 g/mol. The number of carbonyl (C=O) groups excluding carboxylic acids is 1. The summed E-state index contributed by atoms with van der Waals surface area (Å²) < 4.78 is 1.94. The summed E-state index contributed by atoms with van der Waals surface area (Å²) in [5.41, 5.74) is 1.23. The summed E-state index contributed by atoms with van der Waals surface area (Å²) in [6, 6.07) is 2.44. The molecule has 0 bridgehead atoms. The minimum atomic E-state index is 0.0726. The van der Waals surface area contributed by atoms with Gasteiger partial charge in [0.05, 0.1) is 0 Å². The molecule has 0 radical (unpaired) electrons. The van der Waals surface area contributed by atoms with Crippen molar-refractivity contribution in [2.75, 3.05) is 13.6 Å². The van der Waals surface area contributed by atoms with Crippen LogP contribution in [0.25, 0.3) is 0 Å².